The lowest BCUT2D eigenvalue weighted by Gasteiger charge is -2.09. The minimum absolute atomic E-state index is 0.0133. The lowest BCUT2D eigenvalue weighted by atomic mass is 9.99. The van der Waals surface area contributed by atoms with Crippen LogP contribution >= 0.6 is 11.8 Å². The molecule has 5 nitrogen and oxygen atoms in total. The number of aryl methyl sites for hydroxylation is 3. The van der Waals surface area contributed by atoms with Crippen molar-refractivity contribution in [2.75, 3.05) is 5.75 Å². The Morgan fingerprint density at radius 3 is 2.64 bits per heavy atom. The zero-order valence-corrected chi connectivity index (χ0v) is 15.0. The molecule has 0 saturated heterocycles. The van der Waals surface area contributed by atoms with Gasteiger partial charge >= 0.3 is 0 Å². The molecule has 0 aliphatic heterocycles. The van der Waals surface area contributed by atoms with Crippen LogP contribution in [0.4, 0.5) is 4.39 Å². The summed E-state index contributed by atoms with van der Waals surface area (Å²) < 4.78 is 14.8. The maximum atomic E-state index is 13.4. The quantitative estimate of drug-likeness (QED) is 0.515. The fourth-order valence-corrected chi connectivity index (χ4v) is 3.28. The molecule has 128 valence electrons. The van der Waals surface area contributed by atoms with Gasteiger partial charge in [-0.25, -0.2) is 4.39 Å². The second kappa shape index (κ2) is 7.14. The summed E-state index contributed by atoms with van der Waals surface area (Å²) in [5.74, 6) is -0.149. The van der Waals surface area contributed by atoms with E-state index in [0.717, 1.165) is 16.7 Å². The standard InChI is InChI=1S/C18H17FN4OS/c1-11-7-13(3)16(8-12(11)2)17(24)10-25-18-20-21-22-23(18)15-6-4-5-14(19)9-15/h4-9H,10H2,1-3H3. The second-order valence-corrected chi connectivity index (χ2v) is 6.76. The average Bonchev–Trinajstić information content (AvgIpc) is 3.04. The fraction of sp³-hybridized carbons (Fsp3) is 0.222. The van der Waals surface area contributed by atoms with E-state index in [2.05, 4.69) is 15.5 Å². The number of rotatable bonds is 5. The van der Waals surface area contributed by atoms with Gasteiger partial charge in [0.05, 0.1) is 11.4 Å². The number of hydrogen-bond donors (Lipinski definition) is 0. The van der Waals surface area contributed by atoms with Crippen LogP contribution in [0.5, 0.6) is 0 Å². The number of Topliss-reactive ketones (excluding diaryl/α,β-unsaturated/α-hetero) is 1. The first-order valence-corrected chi connectivity index (χ1v) is 8.72. The Bertz CT molecular complexity index is 939. The molecule has 2 aromatic carbocycles. The van der Waals surface area contributed by atoms with Crippen LogP contribution in [-0.4, -0.2) is 31.7 Å². The van der Waals surface area contributed by atoms with Crippen molar-refractivity contribution in [2.24, 2.45) is 0 Å². The number of ketones is 1. The van der Waals surface area contributed by atoms with E-state index >= 15 is 0 Å². The number of thioether (sulfide) groups is 1. The average molecular weight is 356 g/mol. The molecule has 0 amide bonds. The molecule has 0 atom stereocenters. The number of nitrogens with zero attached hydrogens (tertiary/aromatic N) is 4. The number of hydrogen-bond acceptors (Lipinski definition) is 5. The molecule has 0 radical (unpaired) electrons. The summed E-state index contributed by atoms with van der Waals surface area (Å²) in [6, 6.07) is 9.93. The Balaban J connectivity index is 1.78. The van der Waals surface area contributed by atoms with Crippen LogP contribution < -0.4 is 0 Å². The van der Waals surface area contributed by atoms with Gasteiger partial charge in [-0.3, -0.25) is 4.79 Å². The van der Waals surface area contributed by atoms with Crippen LogP contribution in [0, 0.1) is 26.6 Å². The molecule has 7 heteroatoms. The molecule has 0 N–H and O–H groups in total. The van der Waals surface area contributed by atoms with Crippen molar-refractivity contribution in [1.29, 1.82) is 0 Å². The first-order valence-electron chi connectivity index (χ1n) is 7.74. The Morgan fingerprint density at radius 2 is 1.88 bits per heavy atom. The summed E-state index contributed by atoms with van der Waals surface area (Å²) in [5, 5.41) is 11.9. The van der Waals surface area contributed by atoms with E-state index in [1.165, 1.54) is 28.6 Å². The fourth-order valence-electron chi connectivity index (χ4n) is 2.51. The number of tetrazole rings is 1. The van der Waals surface area contributed by atoms with Gasteiger partial charge < -0.3 is 0 Å². The molecule has 0 spiro atoms. The highest BCUT2D eigenvalue weighted by atomic mass is 32.2. The van der Waals surface area contributed by atoms with Crippen LogP contribution in [-0.2, 0) is 0 Å². The van der Waals surface area contributed by atoms with Gasteiger partial charge in [0.1, 0.15) is 5.82 Å². The van der Waals surface area contributed by atoms with Crippen LogP contribution in [0.15, 0.2) is 41.6 Å². The molecular weight excluding hydrogens is 339 g/mol. The zero-order valence-electron chi connectivity index (χ0n) is 14.2. The highest BCUT2D eigenvalue weighted by molar-refractivity contribution is 7.99. The number of carbonyl (C=O) groups excluding carboxylic acids is 1. The highest BCUT2D eigenvalue weighted by Crippen LogP contribution is 2.22. The van der Waals surface area contributed by atoms with Crippen molar-refractivity contribution in [3.8, 4) is 5.69 Å². The van der Waals surface area contributed by atoms with E-state index in [1.807, 2.05) is 32.9 Å². The number of halogens is 1. The van der Waals surface area contributed by atoms with Crippen molar-refractivity contribution in [3.05, 3.63) is 64.5 Å². The smallest absolute Gasteiger partial charge is 0.214 e. The Kier molecular flexibility index (Phi) is 4.94. The van der Waals surface area contributed by atoms with Gasteiger partial charge in [-0.15, -0.1) is 5.10 Å². The summed E-state index contributed by atoms with van der Waals surface area (Å²) in [6.45, 7) is 5.95. The second-order valence-electron chi connectivity index (χ2n) is 5.82. The zero-order chi connectivity index (χ0) is 18.0. The molecular formula is C18H17FN4OS. The molecule has 0 unspecified atom stereocenters. The molecule has 0 bridgehead atoms. The molecule has 0 aliphatic carbocycles. The van der Waals surface area contributed by atoms with Gasteiger partial charge in [0.25, 0.3) is 0 Å². The lowest BCUT2D eigenvalue weighted by molar-refractivity contribution is 0.102. The van der Waals surface area contributed by atoms with E-state index < -0.39 is 0 Å². The maximum Gasteiger partial charge on any atom is 0.214 e. The van der Waals surface area contributed by atoms with Crippen molar-refractivity contribution in [1.82, 2.24) is 20.2 Å². The van der Waals surface area contributed by atoms with E-state index in [1.54, 1.807) is 12.1 Å². The minimum atomic E-state index is -0.370. The molecule has 0 fully saturated rings. The monoisotopic (exact) mass is 356 g/mol. The lowest BCUT2D eigenvalue weighted by Crippen LogP contribution is -2.07. The summed E-state index contributed by atoms with van der Waals surface area (Å²) in [6.07, 6.45) is 0. The Morgan fingerprint density at radius 1 is 1.12 bits per heavy atom. The summed E-state index contributed by atoms with van der Waals surface area (Å²) >= 11 is 1.23. The SMILES string of the molecule is Cc1cc(C)c(C(=O)CSc2nnnn2-c2cccc(F)c2)cc1C. The van der Waals surface area contributed by atoms with Gasteiger partial charge in [-0.1, -0.05) is 23.9 Å². The van der Waals surface area contributed by atoms with Crippen LogP contribution in [0.3, 0.4) is 0 Å². The first kappa shape index (κ1) is 17.3. The summed E-state index contributed by atoms with van der Waals surface area (Å²) in [4.78, 5) is 12.6. The predicted molar refractivity (Wildman–Crippen MR) is 94.8 cm³/mol. The van der Waals surface area contributed by atoms with E-state index in [0.29, 0.717) is 16.4 Å². The summed E-state index contributed by atoms with van der Waals surface area (Å²) in [7, 11) is 0. The topological polar surface area (TPSA) is 60.7 Å². The number of benzene rings is 2. The number of carbonyl (C=O) groups is 1. The maximum absolute atomic E-state index is 13.4. The molecule has 3 aromatic rings. The van der Waals surface area contributed by atoms with Gasteiger partial charge in [0, 0.05) is 5.56 Å². The Hall–Kier alpha value is -2.54. The van der Waals surface area contributed by atoms with Crippen LogP contribution in [0.2, 0.25) is 0 Å². The molecule has 3 rings (SSSR count). The van der Waals surface area contributed by atoms with Gasteiger partial charge in [0.2, 0.25) is 5.16 Å². The highest BCUT2D eigenvalue weighted by Gasteiger charge is 2.15. The van der Waals surface area contributed by atoms with E-state index in [4.69, 9.17) is 0 Å². The Labute approximate surface area is 149 Å². The number of aromatic nitrogens is 4. The third-order valence-corrected chi connectivity index (χ3v) is 4.89. The van der Waals surface area contributed by atoms with Gasteiger partial charge in [-0.05, 0) is 72.2 Å². The van der Waals surface area contributed by atoms with Crippen molar-refractivity contribution in [3.63, 3.8) is 0 Å². The molecule has 25 heavy (non-hydrogen) atoms. The molecule has 1 heterocycles. The predicted octanol–water partition coefficient (Wildman–Crippen LogP) is 3.70. The van der Waals surface area contributed by atoms with Crippen LogP contribution in [0.25, 0.3) is 5.69 Å². The molecule has 0 saturated carbocycles. The van der Waals surface area contributed by atoms with Gasteiger partial charge in [0.15, 0.2) is 5.78 Å². The van der Waals surface area contributed by atoms with Crippen LogP contribution in [0.1, 0.15) is 27.0 Å². The van der Waals surface area contributed by atoms with E-state index in [9.17, 15) is 9.18 Å². The van der Waals surface area contributed by atoms with Crippen molar-refractivity contribution < 1.29 is 9.18 Å². The van der Waals surface area contributed by atoms with E-state index in [-0.39, 0.29) is 17.4 Å². The van der Waals surface area contributed by atoms with Gasteiger partial charge in [-0.2, -0.15) is 4.68 Å². The van der Waals surface area contributed by atoms with Crippen molar-refractivity contribution >= 4 is 17.5 Å². The first-order chi connectivity index (χ1) is 12.0. The third-order valence-electron chi connectivity index (χ3n) is 3.97. The third kappa shape index (κ3) is 3.76. The normalized spacial score (nSPS) is 10.9. The largest absolute Gasteiger partial charge is 0.293 e. The molecule has 1 aromatic heterocycles. The summed E-state index contributed by atoms with van der Waals surface area (Å²) in [5.41, 5.74) is 4.43. The van der Waals surface area contributed by atoms with Crippen molar-refractivity contribution in [2.45, 2.75) is 25.9 Å². The minimum Gasteiger partial charge on any atom is -0.293 e. The molecule has 0 aliphatic rings.